The number of guanidine groups is 1. The summed E-state index contributed by atoms with van der Waals surface area (Å²) in [6.45, 7) is 5.60. The highest BCUT2D eigenvalue weighted by Crippen LogP contribution is 2.27. The van der Waals surface area contributed by atoms with Crippen LogP contribution in [0.3, 0.4) is 0 Å². The van der Waals surface area contributed by atoms with Crippen LogP contribution in [0.4, 0.5) is 5.69 Å². The predicted molar refractivity (Wildman–Crippen MR) is 107 cm³/mol. The molecule has 1 aromatic carbocycles. The zero-order valence-corrected chi connectivity index (χ0v) is 16.6. The Morgan fingerprint density at radius 1 is 1.35 bits per heavy atom. The van der Waals surface area contributed by atoms with Gasteiger partial charge in [-0.15, -0.1) is 11.3 Å². The molecule has 2 aromatic rings. The second kappa shape index (κ2) is 7.77. The van der Waals surface area contributed by atoms with Crippen molar-refractivity contribution in [2.75, 3.05) is 25.0 Å². The highest BCUT2D eigenvalue weighted by atomic mass is 32.2. The van der Waals surface area contributed by atoms with Crippen LogP contribution in [0.5, 0.6) is 0 Å². The topological polar surface area (TPSA) is 87.8 Å². The molecule has 1 fully saturated rings. The van der Waals surface area contributed by atoms with Crippen LogP contribution < -0.4 is 11.1 Å². The average Bonchev–Trinajstić information content (AvgIpc) is 3.24. The van der Waals surface area contributed by atoms with Gasteiger partial charge in [-0.05, 0) is 60.9 Å². The van der Waals surface area contributed by atoms with Crippen molar-refractivity contribution in [3.05, 3.63) is 46.8 Å². The molecule has 2 heterocycles. The van der Waals surface area contributed by atoms with E-state index in [9.17, 15) is 8.42 Å². The lowest BCUT2D eigenvalue weighted by atomic mass is 10.1. The van der Waals surface area contributed by atoms with Crippen molar-refractivity contribution in [3.8, 4) is 0 Å². The van der Waals surface area contributed by atoms with Crippen LogP contribution in [-0.4, -0.2) is 38.3 Å². The van der Waals surface area contributed by atoms with E-state index >= 15 is 0 Å². The molecule has 0 spiro atoms. The maximum atomic E-state index is 12.5. The van der Waals surface area contributed by atoms with Gasteiger partial charge in [0.05, 0.1) is 0 Å². The lowest BCUT2D eigenvalue weighted by Crippen LogP contribution is -2.29. The maximum absolute atomic E-state index is 12.5. The summed E-state index contributed by atoms with van der Waals surface area (Å²) in [4.78, 5) is 4.40. The van der Waals surface area contributed by atoms with E-state index in [0.29, 0.717) is 29.8 Å². The van der Waals surface area contributed by atoms with Crippen molar-refractivity contribution < 1.29 is 8.42 Å². The van der Waals surface area contributed by atoms with Gasteiger partial charge in [0, 0.05) is 25.3 Å². The van der Waals surface area contributed by atoms with Crippen LogP contribution >= 0.6 is 11.3 Å². The Labute approximate surface area is 158 Å². The molecule has 1 saturated heterocycles. The Kier molecular flexibility index (Phi) is 5.64. The lowest BCUT2D eigenvalue weighted by molar-refractivity contribution is 0.461. The molecule has 1 aromatic heterocycles. The number of aliphatic imine (C=N–C) groups is 1. The van der Waals surface area contributed by atoms with Gasteiger partial charge in [0.2, 0.25) is 0 Å². The Balaban J connectivity index is 1.57. The van der Waals surface area contributed by atoms with Crippen molar-refractivity contribution in [2.24, 2.45) is 16.6 Å². The normalized spacial score (nSPS) is 19.0. The van der Waals surface area contributed by atoms with E-state index in [0.717, 1.165) is 23.2 Å². The summed E-state index contributed by atoms with van der Waals surface area (Å²) in [6.07, 6.45) is 0.797. The molecule has 1 aliphatic rings. The molecule has 6 nitrogen and oxygen atoms in total. The largest absolute Gasteiger partial charge is 0.370 e. The molecule has 1 aliphatic heterocycles. The molecule has 0 amide bonds. The number of hydrogen-bond acceptors (Lipinski definition) is 4. The number of aryl methyl sites for hydroxylation is 2. The second-order valence-corrected chi connectivity index (χ2v) is 9.79. The highest BCUT2D eigenvalue weighted by molar-refractivity contribution is 7.91. The third kappa shape index (κ3) is 4.44. The Morgan fingerprint density at radius 3 is 2.73 bits per heavy atom. The third-order valence-corrected chi connectivity index (χ3v) is 7.59. The van der Waals surface area contributed by atoms with Crippen molar-refractivity contribution >= 4 is 33.0 Å². The highest BCUT2D eigenvalue weighted by Gasteiger charge is 2.32. The standard InChI is InChI=1S/C18H24N4O2S2/c1-13-8-14(2)10-16(9-13)21-18(19)20-11-15-5-6-22(12-15)26(23,24)17-4-3-7-25-17/h3-4,7-10,15H,5-6,11-12H2,1-2H3,(H3,19,20,21). The van der Waals surface area contributed by atoms with Gasteiger partial charge in [0.25, 0.3) is 10.0 Å². The van der Waals surface area contributed by atoms with E-state index in [2.05, 4.69) is 16.4 Å². The van der Waals surface area contributed by atoms with Crippen LogP contribution in [0.1, 0.15) is 17.5 Å². The summed E-state index contributed by atoms with van der Waals surface area (Å²) in [5.41, 5.74) is 9.22. The number of benzene rings is 1. The number of sulfonamides is 1. The molecule has 26 heavy (non-hydrogen) atoms. The Hall–Kier alpha value is -1.90. The molecule has 0 saturated carbocycles. The van der Waals surface area contributed by atoms with Crippen molar-refractivity contribution in [1.29, 1.82) is 0 Å². The summed E-state index contributed by atoms with van der Waals surface area (Å²) < 4.78 is 27.0. The number of nitrogens with one attached hydrogen (secondary N) is 1. The molecule has 3 N–H and O–H groups in total. The van der Waals surface area contributed by atoms with Crippen molar-refractivity contribution in [3.63, 3.8) is 0 Å². The van der Waals surface area contributed by atoms with Gasteiger partial charge in [-0.3, -0.25) is 4.99 Å². The molecule has 0 bridgehead atoms. The number of anilines is 1. The van der Waals surface area contributed by atoms with E-state index in [1.54, 1.807) is 21.8 Å². The van der Waals surface area contributed by atoms with Gasteiger partial charge in [-0.25, -0.2) is 8.42 Å². The quantitative estimate of drug-likeness (QED) is 0.605. The average molecular weight is 393 g/mol. The minimum atomic E-state index is -3.37. The Bertz CT molecular complexity index is 872. The van der Waals surface area contributed by atoms with Crippen LogP contribution in [0.15, 0.2) is 44.9 Å². The van der Waals surface area contributed by atoms with E-state index in [1.165, 1.54) is 11.3 Å². The molecule has 140 valence electrons. The summed E-state index contributed by atoms with van der Waals surface area (Å²) >= 11 is 1.25. The molecule has 0 radical (unpaired) electrons. The molecule has 0 aliphatic carbocycles. The van der Waals surface area contributed by atoms with Gasteiger partial charge >= 0.3 is 0 Å². The fraction of sp³-hybridized carbons (Fsp3) is 0.389. The van der Waals surface area contributed by atoms with E-state index in [4.69, 9.17) is 5.73 Å². The number of hydrogen-bond donors (Lipinski definition) is 2. The number of nitrogens with two attached hydrogens (primary N) is 1. The van der Waals surface area contributed by atoms with Crippen LogP contribution in [0.2, 0.25) is 0 Å². The number of thiophene rings is 1. The smallest absolute Gasteiger partial charge is 0.252 e. The summed E-state index contributed by atoms with van der Waals surface area (Å²) in [5.74, 6) is 0.541. The van der Waals surface area contributed by atoms with Crippen LogP contribution in [-0.2, 0) is 10.0 Å². The first-order valence-corrected chi connectivity index (χ1v) is 10.9. The molecule has 1 unspecified atom stereocenters. The maximum Gasteiger partial charge on any atom is 0.252 e. The minimum Gasteiger partial charge on any atom is -0.370 e. The Morgan fingerprint density at radius 2 is 2.08 bits per heavy atom. The van der Waals surface area contributed by atoms with E-state index in [1.807, 2.05) is 26.0 Å². The number of rotatable bonds is 5. The van der Waals surface area contributed by atoms with Gasteiger partial charge < -0.3 is 11.1 Å². The van der Waals surface area contributed by atoms with Crippen LogP contribution in [0, 0.1) is 19.8 Å². The third-order valence-electron chi connectivity index (χ3n) is 4.35. The summed E-state index contributed by atoms with van der Waals surface area (Å²) in [5, 5.41) is 4.89. The van der Waals surface area contributed by atoms with Crippen molar-refractivity contribution in [1.82, 2.24) is 4.31 Å². The molecular formula is C18H24N4O2S2. The zero-order valence-electron chi connectivity index (χ0n) is 15.0. The zero-order chi connectivity index (χ0) is 18.7. The van der Waals surface area contributed by atoms with Gasteiger partial charge in [-0.1, -0.05) is 12.1 Å². The summed E-state index contributed by atoms with van der Waals surface area (Å²) in [7, 11) is -3.37. The fourth-order valence-electron chi connectivity index (χ4n) is 3.16. The van der Waals surface area contributed by atoms with Crippen molar-refractivity contribution in [2.45, 2.75) is 24.5 Å². The molecular weight excluding hydrogens is 368 g/mol. The van der Waals surface area contributed by atoms with Gasteiger partial charge in [0.1, 0.15) is 4.21 Å². The molecule has 1 atom stereocenters. The summed E-state index contributed by atoms with van der Waals surface area (Å²) in [6, 6.07) is 9.53. The minimum absolute atomic E-state index is 0.185. The lowest BCUT2D eigenvalue weighted by Gasteiger charge is -2.15. The van der Waals surface area contributed by atoms with Crippen LogP contribution in [0.25, 0.3) is 0 Å². The first-order valence-electron chi connectivity index (χ1n) is 8.53. The monoisotopic (exact) mass is 392 g/mol. The van der Waals surface area contributed by atoms with Gasteiger partial charge in [0.15, 0.2) is 5.96 Å². The first kappa shape index (κ1) is 18.9. The van der Waals surface area contributed by atoms with E-state index < -0.39 is 10.0 Å². The molecule has 3 rings (SSSR count). The molecule has 8 heteroatoms. The van der Waals surface area contributed by atoms with Gasteiger partial charge in [-0.2, -0.15) is 4.31 Å². The fourth-order valence-corrected chi connectivity index (χ4v) is 5.84. The first-order chi connectivity index (χ1) is 12.3. The SMILES string of the molecule is Cc1cc(C)cc(NC(N)=NCC2CCN(S(=O)(=O)c3cccs3)C2)c1. The van der Waals surface area contributed by atoms with E-state index in [-0.39, 0.29) is 5.92 Å². The number of nitrogens with zero attached hydrogens (tertiary/aromatic N) is 2. The second-order valence-electron chi connectivity index (χ2n) is 6.68. The predicted octanol–water partition coefficient (Wildman–Crippen LogP) is 2.80.